The molecule has 36 heavy (non-hydrogen) atoms. The molecule has 3 aromatic rings. The zero-order valence-corrected chi connectivity index (χ0v) is 21.9. The second kappa shape index (κ2) is 10.5. The summed E-state index contributed by atoms with van der Waals surface area (Å²) in [5.41, 5.74) is 1.08. The average Bonchev–Trinajstić information content (AvgIpc) is 3.68. The number of likely N-dealkylation sites (tertiary alicyclic amines) is 1. The molecular weight excluding hydrogens is 496 g/mol. The third-order valence-electron chi connectivity index (χ3n) is 6.77. The lowest BCUT2D eigenvalue weighted by Crippen LogP contribution is -2.38. The first-order valence-corrected chi connectivity index (χ1v) is 13.7. The van der Waals surface area contributed by atoms with Crippen molar-refractivity contribution in [2.45, 2.75) is 31.9 Å². The summed E-state index contributed by atoms with van der Waals surface area (Å²) in [6, 6.07) is 11.1. The van der Waals surface area contributed by atoms with Gasteiger partial charge >= 0.3 is 0 Å². The Balaban J connectivity index is 1.27. The Morgan fingerprint density at radius 3 is 2.78 bits per heavy atom. The maximum absolute atomic E-state index is 13.4. The molecule has 5 rings (SSSR count). The Hall–Kier alpha value is -3.08. The van der Waals surface area contributed by atoms with Crippen LogP contribution in [-0.2, 0) is 4.79 Å². The van der Waals surface area contributed by atoms with E-state index in [4.69, 9.17) is 4.74 Å². The normalized spacial score (nSPS) is 19.2. The molecule has 2 aromatic heterocycles. The van der Waals surface area contributed by atoms with E-state index in [1.54, 1.807) is 29.3 Å². The van der Waals surface area contributed by atoms with Crippen LogP contribution < -0.4 is 9.64 Å². The van der Waals surface area contributed by atoms with Gasteiger partial charge in [0.25, 0.3) is 5.91 Å². The Morgan fingerprint density at radius 1 is 1.19 bits per heavy atom. The molecule has 4 heterocycles. The van der Waals surface area contributed by atoms with Gasteiger partial charge in [0.2, 0.25) is 17.8 Å². The molecule has 2 aliphatic heterocycles. The molecule has 0 bridgehead atoms. The number of carbonyl (C=O) groups is 3. The zero-order chi connectivity index (χ0) is 25.2. The van der Waals surface area contributed by atoms with E-state index < -0.39 is 6.10 Å². The largest absolute Gasteiger partial charge is 0.475 e. The van der Waals surface area contributed by atoms with Crippen LogP contribution in [0.2, 0.25) is 0 Å². The number of Topliss-reactive ketones (excluding diaryl/α,β-unsaturated/α-hetero) is 1. The number of fused-ring (bicyclic) bond motifs is 1. The highest BCUT2D eigenvalue weighted by Crippen LogP contribution is 2.38. The number of aromatic nitrogens is 1. The van der Waals surface area contributed by atoms with Crippen molar-refractivity contribution in [3.63, 3.8) is 0 Å². The SMILES string of the molecule is CC(=O)N(C)C1CCN(CCCN(C(=O)c2cccs2)c2nc(C3Oc4ccccc4C3=O)cs2)C1. The molecule has 8 nitrogen and oxygen atoms in total. The Labute approximate surface area is 218 Å². The maximum atomic E-state index is 13.4. The number of thiophene rings is 1. The van der Waals surface area contributed by atoms with Crippen LogP contribution in [0.4, 0.5) is 5.13 Å². The van der Waals surface area contributed by atoms with Crippen molar-refractivity contribution in [2.75, 3.05) is 38.1 Å². The van der Waals surface area contributed by atoms with Crippen molar-refractivity contribution in [3.05, 3.63) is 63.3 Å². The fourth-order valence-corrected chi connectivity index (χ4v) is 6.20. The molecule has 2 aliphatic rings. The predicted octanol–water partition coefficient (Wildman–Crippen LogP) is 4.11. The Morgan fingerprint density at radius 2 is 2.03 bits per heavy atom. The number of benzene rings is 1. The van der Waals surface area contributed by atoms with Gasteiger partial charge in [-0.3, -0.25) is 19.3 Å². The van der Waals surface area contributed by atoms with Gasteiger partial charge in [-0.05, 0) is 43.0 Å². The van der Waals surface area contributed by atoms with Crippen LogP contribution in [0.3, 0.4) is 0 Å². The number of rotatable bonds is 8. The van der Waals surface area contributed by atoms with E-state index in [1.807, 2.05) is 41.6 Å². The summed E-state index contributed by atoms with van der Waals surface area (Å²) in [5, 5.41) is 4.25. The summed E-state index contributed by atoms with van der Waals surface area (Å²) >= 11 is 2.75. The van der Waals surface area contributed by atoms with Crippen molar-refractivity contribution >= 4 is 45.4 Å². The topological polar surface area (TPSA) is 83.1 Å². The van der Waals surface area contributed by atoms with Crippen molar-refractivity contribution in [3.8, 4) is 5.75 Å². The molecule has 10 heteroatoms. The number of ketones is 1. The van der Waals surface area contributed by atoms with Gasteiger partial charge in [-0.15, -0.1) is 22.7 Å². The summed E-state index contributed by atoms with van der Waals surface area (Å²) in [4.78, 5) is 49.1. The summed E-state index contributed by atoms with van der Waals surface area (Å²) in [6.45, 7) is 4.71. The van der Waals surface area contributed by atoms with E-state index in [9.17, 15) is 14.4 Å². The molecule has 188 valence electrons. The van der Waals surface area contributed by atoms with E-state index >= 15 is 0 Å². The first-order valence-electron chi connectivity index (χ1n) is 12.0. The highest BCUT2D eigenvalue weighted by Gasteiger charge is 2.36. The van der Waals surface area contributed by atoms with Crippen molar-refractivity contribution < 1.29 is 19.1 Å². The number of hydrogen-bond acceptors (Lipinski definition) is 8. The van der Waals surface area contributed by atoms with Crippen LogP contribution in [0.25, 0.3) is 0 Å². The molecule has 0 N–H and O–H groups in total. The van der Waals surface area contributed by atoms with Gasteiger partial charge in [0, 0.05) is 45.0 Å². The molecule has 0 saturated carbocycles. The standard InChI is InChI=1S/C26H28N4O4S2/c1-17(31)28(2)18-10-13-29(15-18)11-6-12-30(25(33)22-9-5-14-35-22)26-27-20(16-36-26)24-23(32)19-7-3-4-8-21(19)34-24/h3-5,7-9,14,16,18,24H,6,10-13,15H2,1-2H3. The Kier molecular flexibility index (Phi) is 7.17. The van der Waals surface area contributed by atoms with Crippen LogP contribution in [0.5, 0.6) is 5.75 Å². The third-order valence-corrected chi connectivity index (χ3v) is 8.51. The quantitative estimate of drug-likeness (QED) is 0.441. The number of ether oxygens (including phenoxy) is 1. The lowest BCUT2D eigenvalue weighted by atomic mass is 10.1. The fourth-order valence-electron chi connectivity index (χ4n) is 4.67. The molecule has 2 amide bonds. The lowest BCUT2D eigenvalue weighted by Gasteiger charge is -2.24. The van der Waals surface area contributed by atoms with Gasteiger partial charge in [-0.25, -0.2) is 4.98 Å². The van der Waals surface area contributed by atoms with Crippen LogP contribution in [-0.4, -0.2) is 71.6 Å². The minimum atomic E-state index is -0.786. The first kappa shape index (κ1) is 24.6. The number of para-hydroxylation sites is 1. The molecule has 2 unspecified atom stereocenters. The lowest BCUT2D eigenvalue weighted by molar-refractivity contribution is -0.129. The van der Waals surface area contributed by atoms with Gasteiger partial charge in [0.05, 0.1) is 10.4 Å². The zero-order valence-electron chi connectivity index (χ0n) is 20.3. The third kappa shape index (κ3) is 4.93. The number of hydrogen-bond donors (Lipinski definition) is 0. The van der Waals surface area contributed by atoms with E-state index in [0.29, 0.717) is 33.6 Å². The van der Waals surface area contributed by atoms with E-state index in [2.05, 4.69) is 9.88 Å². The Bertz CT molecular complexity index is 1260. The van der Waals surface area contributed by atoms with Gasteiger partial charge in [-0.2, -0.15) is 0 Å². The van der Waals surface area contributed by atoms with Crippen LogP contribution in [0, 0.1) is 0 Å². The van der Waals surface area contributed by atoms with E-state index in [-0.39, 0.29) is 23.6 Å². The summed E-state index contributed by atoms with van der Waals surface area (Å²) < 4.78 is 5.88. The minimum Gasteiger partial charge on any atom is -0.475 e. The molecule has 0 aliphatic carbocycles. The number of likely N-dealkylation sites (N-methyl/N-ethyl adjacent to an activating group) is 1. The van der Waals surface area contributed by atoms with Gasteiger partial charge < -0.3 is 14.5 Å². The number of amides is 2. The molecule has 1 fully saturated rings. The van der Waals surface area contributed by atoms with Crippen LogP contribution >= 0.6 is 22.7 Å². The highest BCUT2D eigenvalue weighted by atomic mass is 32.1. The molecule has 0 radical (unpaired) electrons. The summed E-state index contributed by atoms with van der Waals surface area (Å²) in [6.07, 6.45) is 0.944. The van der Waals surface area contributed by atoms with Gasteiger partial charge in [-0.1, -0.05) is 18.2 Å². The van der Waals surface area contributed by atoms with Crippen molar-refractivity contribution in [2.24, 2.45) is 0 Å². The fraction of sp³-hybridized carbons (Fsp3) is 0.385. The summed E-state index contributed by atoms with van der Waals surface area (Å²) in [7, 11) is 1.86. The first-order chi connectivity index (χ1) is 17.4. The van der Waals surface area contributed by atoms with Crippen LogP contribution in [0.15, 0.2) is 47.2 Å². The average molecular weight is 525 g/mol. The monoisotopic (exact) mass is 524 g/mol. The van der Waals surface area contributed by atoms with Crippen molar-refractivity contribution in [1.29, 1.82) is 0 Å². The predicted molar refractivity (Wildman–Crippen MR) is 140 cm³/mol. The number of nitrogens with zero attached hydrogens (tertiary/aromatic N) is 4. The minimum absolute atomic E-state index is 0.0852. The molecule has 0 spiro atoms. The smallest absolute Gasteiger partial charge is 0.270 e. The maximum Gasteiger partial charge on any atom is 0.270 e. The molecule has 1 aromatic carbocycles. The molecule has 2 atom stereocenters. The number of anilines is 1. The summed E-state index contributed by atoms with van der Waals surface area (Å²) in [5.74, 6) is 0.441. The van der Waals surface area contributed by atoms with Gasteiger partial charge in [0.1, 0.15) is 11.4 Å². The van der Waals surface area contributed by atoms with Crippen molar-refractivity contribution in [1.82, 2.24) is 14.8 Å². The molecular formula is C26H28N4O4S2. The number of thiazole rings is 1. The van der Waals surface area contributed by atoms with E-state index in [0.717, 1.165) is 32.5 Å². The van der Waals surface area contributed by atoms with Crippen LogP contribution in [0.1, 0.15) is 51.6 Å². The second-order valence-corrected chi connectivity index (χ2v) is 10.9. The second-order valence-electron chi connectivity index (χ2n) is 9.07. The van der Waals surface area contributed by atoms with E-state index in [1.165, 1.54) is 22.7 Å². The highest BCUT2D eigenvalue weighted by molar-refractivity contribution is 7.14. The molecule has 1 saturated heterocycles. The number of carbonyl (C=O) groups excluding carboxylic acids is 3. The van der Waals surface area contributed by atoms with Gasteiger partial charge in [0.15, 0.2) is 5.13 Å².